The Kier molecular flexibility index (Phi) is 12.6. The van der Waals surface area contributed by atoms with Crippen LogP contribution >= 0.6 is 36.2 Å². The SMILES string of the molecule is CCCNC(=O)c1cc(-c2nccs2)cc(C(=O)N(CCC)CCC)c1N.Cl.Cl. The molecule has 0 aliphatic heterocycles. The van der Waals surface area contributed by atoms with Gasteiger partial charge in [-0.15, -0.1) is 36.2 Å². The van der Waals surface area contributed by atoms with Crippen molar-refractivity contribution >= 4 is 53.7 Å². The smallest absolute Gasteiger partial charge is 0.255 e. The molecule has 6 nitrogen and oxygen atoms in total. The molecule has 1 aromatic carbocycles. The number of halogens is 2. The normalized spacial score (nSPS) is 9.90. The Morgan fingerprint density at radius 2 is 1.69 bits per heavy atom. The molecule has 162 valence electrons. The Morgan fingerprint density at radius 3 is 2.21 bits per heavy atom. The van der Waals surface area contributed by atoms with E-state index in [-0.39, 0.29) is 42.3 Å². The molecule has 0 spiro atoms. The van der Waals surface area contributed by atoms with Gasteiger partial charge in [0.15, 0.2) is 0 Å². The Labute approximate surface area is 189 Å². The molecule has 1 heterocycles. The number of nitrogen functional groups attached to an aromatic ring is 1. The van der Waals surface area contributed by atoms with Gasteiger partial charge in [-0.25, -0.2) is 4.98 Å². The van der Waals surface area contributed by atoms with Gasteiger partial charge in [-0.05, 0) is 31.4 Å². The van der Waals surface area contributed by atoms with Crippen LogP contribution in [-0.4, -0.2) is 41.3 Å². The van der Waals surface area contributed by atoms with Crippen LogP contribution in [-0.2, 0) is 0 Å². The minimum atomic E-state index is -0.265. The fraction of sp³-hybridized carbons (Fsp3) is 0.450. The van der Waals surface area contributed by atoms with Gasteiger partial charge in [-0.1, -0.05) is 20.8 Å². The van der Waals surface area contributed by atoms with E-state index in [4.69, 9.17) is 5.73 Å². The predicted molar refractivity (Wildman–Crippen MR) is 126 cm³/mol. The molecule has 0 fully saturated rings. The van der Waals surface area contributed by atoms with Gasteiger partial charge in [0.1, 0.15) is 5.01 Å². The largest absolute Gasteiger partial charge is 0.397 e. The quantitative estimate of drug-likeness (QED) is 0.533. The third kappa shape index (κ3) is 6.87. The van der Waals surface area contributed by atoms with Gasteiger partial charge in [-0.2, -0.15) is 0 Å². The highest BCUT2D eigenvalue weighted by Crippen LogP contribution is 2.30. The van der Waals surface area contributed by atoms with E-state index in [0.717, 1.165) is 29.8 Å². The van der Waals surface area contributed by atoms with Gasteiger partial charge in [0.25, 0.3) is 11.8 Å². The molecule has 1 aromatic heterocycles. The number of hydrogen-bond acceptors (Lipinski definition) is 5. The number of carbonyl (C=O) groups excluding carboxylic acids is 2. The summed E-state index contributed by atoms with van der Waals surface area (Å²) in [7, 11) is 0. The maximum atomic E-state index is 13.2. The number of anilines is 1. The number of aromatic nitrogens is 1. The number of rotatable bonds is 9. The predicted octanol–water partition coefficient (Wildman–Crippen LogP) is 4.64. The summed E-state index contributed by atoms with van der Waals surface area (Å²) in [4.78, 5) is 31.9. The Hall–Kier alpha value is -1.83. The summed E-state index contributed by atoms with van der Waals surface area (Å²) in [5.41, 5.74) is 7.94. The number of nitrogens with one attached hydrogen (secondary N) is 1. The molecule has 2 amide bonds. The van der Waals surface area contributed by atoms with E-state index in [1.54, 1.807) is 23.2 Å². The van der Waals surface area contributed by atoms with Crippen molar-refractivity contribution in [3.63, 3.8) is 0 Å². The van der Waals surface area contributed by atoms with Crippen LogP contribution in [0.25, 0.3) is 10.6 Å². The summed E-state index contributed by atoms with van der Waals surface area (Å²) < 4.78 is 0. The van der Waals surface area contributed by atoms with Crippen molar-refractivity contribution in [3.05, 3.63) is 34.8 Å². The first-order valence-corrected chi connectivity index (χ1v) is 10.3. The molecule has 0 saturated carbocycles. The fourth-order valence-electron chi connectivity index (χ4n) is 2.87. The summed E-state index contributed by atoms with van der Waals surface area (Å²) in [6, 6.07) is 3.48. The minimum absolute atomic E-state index is 0. The van der Waals surface area contributed by atoms with Gasteiger partial charge in [-0.3, -0.25) is 9.59 Å². The van der Waals surface area contributed by atoms with E-state index in [2.05, 4.69) is 10.3 Å². The van der Waals surface area contributed by atoms with Gasteiger partial charge < -0.3 is 16.0 Å². The van der Waals surface area contributed by atoms with Gasteiger partial charge in [0.05, 0.1) is 16.8 Å². The molecule has 0 unspecified atom stereocenters. The first-order chi connectivity index (χ1) is 13.0. The molecule has 0 aliphatic rings. The van der Waals surface area contributed by atoms with Crippen molar-refractivity contribution in [2.75, 3.05) is 25.4 Å². The van der Waals surface area contributed by atoms with Crippen molar-refractivity contribution < 1.29 is 9.59 Å². The van der Waals surface area contributed by atoms with Crippen LogP contribution in [0.4, 0.5) is 5.69 Å². The molecule has 0 atom stereocenters. The van der Waals surface area contributed by atoms with E-state index in [0.29, 0.717) is 30.8 Å². The number of amides is 2. The van der Waals surface area contributed by atoms with E-state index in [1.165, 1.54) is 11.3 Å². The average Bonchev–Trinajstić information content (AvgIpc) is 3.20. The second kappa shape index (κ2) is 13.4. The number of nitrogens with zero attached hydrogens (tertiary/aromatic N) is 2. The monoisotopic (exact) mass is 460 g/mol. The summed E-state index contributed by atoms with van der Waals surface area (Å²) in [6.45, 7) is 7.93. The third-order valence-corrected chi connectivity index (χ3v) is 4.97. The number of hydrogen-bond donors (Lipinski definition) is 2. The summed E-state index contributed by atoms with van der Waals surface area (Å²) in [5, 5.41) is 5.47. The third-order valence-electron chi connectivity index (χ3n) is 4.14. The first-order valence-electron chi connectivity index (χ1n) is 9.44. The van der Waals surface area contributed by atoms with Crippen LogP contribution in [0.3, 0.4) is 0 Å². The molecule has 2 aromatic rings. The second-order valence-corrected chi connectivity index (χ2v) is 7.26. The van der Waals surface area contributed by atoms with Gasteiger partial charge in [0.2, 0.25) is 0 Å². The summed E-state index contributed by atoms with van der Waals surface area (Å²) in [5.74, 6) is -0.404. The lowest BCUT2D eigenvalue weighted by molar-refractivity contribution is 0.0756. The van der Waals surface area contributed by atoms with Crippen molar-refractivity contribution in [2.45, 2.75) is 40.0 Å². The van der Waals surface area contributed by atoms with Crippen molar-refractivity contribution in [3.8, 4) is 10.6 Å². The Morgan fingerprint density at radius 1 is 1.07 bits per heavy atom. The van der Waals surface area contributed by atoms with Crippen LogP contribution in [0.5, 0.6) is 0 Å². The highest BCUT2D eigenvalue weighted by molar-refractivity contribution is 7.13. The zero-order chi connectivity index (χ0) is 19.8. The second-order valence-electron chi connectivity index (χ2n) is 6.37. The lowest BCUT2D eigenvalue weighted by Crippen LogP contribution is -2.34. The standard InChI is InChI=1S/C20H28N4O2S.2ClH/c1-4-7-22-18(25)15-12-14(19-23-8-11-27-19)13-16(17(15)21)20(26)24(9-5-2)10-6-3;;/h8,11-13H,4-7,9-10,21H2,1-3H3,(H,22,25);2*1H. The molecular formula is C20H30Cl2N4O2S. The molecule has 0 bridgehead atoms. The zero-order valence-electron chi connectivity index (χ0n) is 17.1. The summed E-state index contributed by atoms with van der Waals surface area (Å²) in [6.07, 6.45) is 4.25. The lowest BCUT2D eigenvalue weighted by Gasteiger charge is -2.23. The number of benzene rings is 1. The molecule has 2 rings (SSSR count). The van der Waals surface area contributed by atoms with Crippen molar-refractivity contribution in [1.82, 2.24) is 15.2 Å². The van der Waals surface area contributed by atoms with E-state index < -0.39 is 0 Å². The average molecular weight is 461 g/mol. The number of carbonyl (C=O) groups is 2. The highest BCUT2D eigenvalue weighted by atomic mass is 35.5. The first kappa shape index (κ1) is 27.2. The molecular weight excluding hydrogens is 431 g/mol. The molecule has 0 aliphatic carbocycles. The van der Waals surface area contributed by atoms with Crippen LogP contribution in [0.1, 0.15) is 60.7 Å². The van der Waals surface area contributed by atoms with Gasteiger partial charge >= 0.3 is 0 Å². The maximum Gasteiger partial charge on any atom is 0.255 e. The maximum absolute atomic E-state index is 13.2. The van der Waals surface area contributed by atoms with Gasteiger partial charge in [0, 0.05) is 36.8 Å². The molecule has 0 saturated heterocycles. The zero-order valence-corrected chi connectivity index (χ0v) is 19.5. The van der Waals surface area contributed by atoms with E-state index in [1.807, 2.05) is 26.2 Å². The lowest BCUT2D eigenvalue weighted by atomic mass is 10.0. The van der Waals surface area contributed by atoms with Crippen LogP contribution in [0, 0.1) is 0 Å². The van der Waals surface area contributed by atoms with E-state index in [9.17, 15) is 9.59 Å². The topological polar surface area (TPSA) is 88.3 Å². The number of nitrogens with two attached hydrogens (primary N) is 1. The van der Waals surface area contributed by atoms with Crippen molar-refractivity contribution in [2.24, 2.45) is 0 Å². The van der Waals surface area contributed by atoms with Crippen LogP contribution in [0.15, 0.2) is 23.7 Å². The molecule has 9 heteroatoms. The Bertz CT molecular complexity index is 779. The molecule has 0 radical (unpaired) electrons. The molecule has 3 N–H and O–H groups in total. The molecule has 29 heavy (non-hydrogen) atoms. The van der Waals surface area contributed by atoms with Crippen molar-refractivity contribution in [1.29, 1.82) is 0 Å². The highest BCUT2D eigenvalue weighted by Gasteiger charge is 2.23. The van der Waals surface area contributed by atoms with Crippen LogP contribution < -0.4 is 11.1 Å². The van der Waals surface area contributed by atoms with E-state index >= 15 is 0 Å². The Balaban J connectivity index is 0.00000392. The number of thiazole rings is 1. The summed E-state index contributed by atoms with van der Waals surface area (Å²) >= 11 is 1.46. The van der Waals surface area contributed by atoms with Crippen LogP contribution in [0.2, 0.25) is 0 Å². The fourth-order valence-corrected chi connectivity index (χ4v) is 3.49. The minimum Gasteiger partial charge on any atom is -0.397 e.